The maximum Gasteiger partial charge on any atom is 0.119 e. The van der Waals surface area contributed by atoms with E-state index >= 15 is 0 Å². The smallest absolute Gasteiger partial charge is 0.119 e. The van der Waals surface area contributed by atoms with Crippen LogP contribution in [0.5, 0.6) is 5.75 Å². The van der Waals surface area contributed by atoms with Crippen molar-refractivity contribution >= 4 is 0 Å². The van der Waals surface area contributed by atoms with Gasteiger partial charge in [-0.3, -0.25) is 0 Å². The lowest BCUT2D eigenvalue weighted by molar-refractivity contribution is -0.0958. The molecule has 1 aromatic carbocycles. The Balaban J connectivity index is 1.65. The average molecular weight is 341 g/mol. The summed E-state index contributed by atoms with van der Waals surface area (Å²) in [5, 5.41) is 15.0. The molecule has 25 heavy (non-hydrogen) atoms. The number of azide groups is 1. The Bertz CT molecular complexity index is 730. The summed E-state index contributed by atoms with van der Waals surface area (Å²) >= 11 is 0. The molecule has 2 fully saturated rings. The SMILES string of the molecule is COc1ccc2c(c1)CC[C@@H]1[C@@H]2CC[C@@]2(C)[C@H]1CC[C@@]2(O)CN=[N+]=[N-]. The Morgan fingerprint density at radius 2 is 2.16 bits per heavy atom. The minimum Gasteiger partial charge on any atom is -0.497 e. The molecule has 5 nitrogen and oxygen atoms in total. The van der Waals surface area contributed by atoms with E-state index in [0.29, 0.717) is 17.8 Å². The number of hydrogen-bond acceptors (Lipinski definition) is 3. The Hall–Kier alpha value is -1.71. The fourth-order valence-electron chi connectivity index (χ4n) is 6.20. The molecule has 5 heteroatoms. The van der Waals surface area contributed by atoms with Crippen molar-refractivity contribution in [3.05, 3.63) is 39.8 Å². The highest BCUT2D eigenvalue weighted by Gasteiger charge is 2.61. The van der Waals surface area contributed by atoms with Gasteiger partial charge in [0.05, 0.1) is 19.3 Å². The van der Waals surface area contributed by atoms with Crippen molar-refractivity contribution in [2.24, 2.45) is 22.4 Å². The minimum absolute atomic E-state index is 0.133. The van der Waals surface area contributed by atoms with E-state index in [-0.39, 0.29) is 12.0 Å². The minimum atomic E-state index is -0.838. The second kappa shape index (κ2) is 5.93. The molecule has 0 bridgehead atoms. The topological polar surface area (TPSA) is 78.2 Å². The van der Waals surface area contributed by atoms with Crippen LogP contribution < -0.4 is 4.74 Å². The van der Waals surface area contributed by atoms with Crippen molar-refractivity contribution in [1.29, 1.82) is 0 Å². The number of ether oxygens (including phenoxy) is 1. The zero-order chi connectivity index (χ0) is 17.7. The lowest BCUT2D eigenvalue weighted by Crippen LogP contribution is -2.52. The maximum absolute atomic E-state index is 11.2. The van der Waals surface area contributed by atoms with Crippen LogP contribution in [0.25, 0.3) is 10.4 Å². The van der Waals surface area contributed by atoms with E-state index in [9.17, 15) is 5.11 Å². The molecule has 5 atom stereocenters. The highest BCUT2D eigenvalue weighted by atomic mass is 16.5. The van der Waals surface area contributed by atoms with Crippen LogP contribution in [0.4, 0.5) is 0 Å². The molecule has 0 amide bonds. The maximum atomic E-state index is 11.2. The Kier molecular flexibility index (Phi) is 3.97. The van der Waals surface area contributed by atoms with Crippen LogP contribution in [-0.4, -0.2) is 24.4 Å². The van der Waals surface area contributed by atoms with Crippen LogP contribution in [0.15, 0.2) is 23.3 Å². The van der Waals surface area contributed by atoms with Crippen LogP contribution in [-0.2, 0) is 6.42 Å². The molecule has 134 valence electrons. The molecule has 0 aliphatic heterocycles. The summed E-state index contributed by atoms with van der Waals surface area (Å²) in [6.45, 7) is 2.44. The van der Waals surface area contributed by atoms with E-state index in [4.69, 9.17) is 10.3 Å². The lowest BCUT2D eigenvalue weighted by atomic mass is 9.53. The molecular formula is C20H27N3O2. The predicted molar refractivity (Wildman–Crippen MR) is 96.6 cm³/mol. The second-order valence-electron chi connectivity index (χ2n) is 8.40. The Morgan fingerprint density at radius 3 is 2.92 bits per heavy atom. The number of fused-ring (bicyclic) bond motifs is 5. The number of methoxy groups -OCH3 is 1. The van der Waals surface area contributed by atoms with E-state index in [0.717, 1.165) is 37.9 Å². The van der Waals surface area contributed by atoms with Gasteiger partial charge in [0.2, 0.25) is 0 Å². The average Bonchev–Trinajstić information content (AvgIpc) is 2.91. The molecule has 0 radical (unpaired) electrons. The Labute approximate surface area is 149 Å². The molecule has 0 heterocycles. The quantitative estimate of drug-likeness (QED) is 0.496. The first-order valence-electron chi connectivity index (χ1n) is 9.42. The van der Waals surface area contributed by atoms with Gasteiger partial charge in [-0.2, -0.15) is 0 Å². The summed E-state index contributed by atoms with van der Waals surface area (Å²) in [7, 11) is 1.72. The zero-order valence-electron chi connectivity index (χ0n) is 15.1. The molecule has 3 aliphatic carbocycles. The third-order valence-corrected chi connectivity index (χ3v) is 7.65. The molecule has 2 saturated carbocycles. The van der Waals surface area contributed by atoms with E-state index < -0.39 is 5.60 Å². The molecule has 1 N–H and O–H groups in total. The van der Waals surface area contributed by atoms with Crippen molar-refractivity contribution in [2.45, 2.75) is 57.0 Å². The van der Waals surface area contributed by atoms with Crippen molar-refractivity contribution in [3.63, 3.8) is 0 Å². The van der Waals surface area contributed by atoms with Crippen molar-refractivity contribution in [3.8, 4) is 5.75 Å². The van der Waals surface area contributed by atoms with Gasteiger partial charge in [0.1, 0.15) is 5.75 Å². The van der Waals surface area contributed by atoms with Gasteiger partial charge in [0, 0.05) is 4.91 Å². The number of aliphatic hydroxyl groups is 1. The fourth-order valence-corrected chi connectivity index (χ4v) is 6.20. The summed E-state index contributed by atoms with van der Waals surface area (Å²) < 4.78 is 5.39. The van der Waals surface area contributed by atoms with Gasteiger partial charge in [0.25, 0.3) is 0 Å². The van der Waals surface area contributed by atoms with Crippen LogP contribution >= 0.6 is 0 Å². The number of aryl methyl sites for hydroxylation is 1. The first-order valence-corrected chi connectivity index (χ1v) is 9.42. The summed E-state index contributed by atoms with van der Waals surface area (Å²) in [5.41, 5.74) is 10.7. The number of benzene rings is 1. The predicted octanol–water partition coefficient (Wildman–Crippen LogP) is 4.59. The van der Waals surface area contributed by atoms with Crippen LogP contribution in [0, 0.1) is 17.3 Å². The van der Waals surface area contributed by atoms with Crippen molar-refractivity contribution in [1.82, 2.24) is 0 Å². The molecule has 4 rings (SSSR count). The molecule has 0 aromatic heterocycles. The van der Waals surface area contributed by atoms with Gasteiger partial charge in [-0.25, -0.2) is 0 Å². The summed E-state index contributed by atoms with van der Waals surface area (Å²) in [4.78, 5) is 2.89. The van der Waals surface area contributed by atoms with Crippen molar-refractivity contribution < 1.29 is 9.84 Å². The molecule has 0 unspecified atom stereocenters. The van der Waals surface area contributed by atoms with Gasteiger partial charge in [0.15, 0.2) is 0 Å². The molecular weight excluding hydrogens is 314 g/mol. The third-order valence-electron chi connectivity index (χ3n) is 7.65. The Morgan fingerprint density at radius 1 is 1.32 bits per heavy atom. The van der Waals surface area contributed by atoms with E-state index in [1.807, 2.05) is 0 Å². The summed E-state index contributed by atoms with van der Waals surface area (Å²) in [5.74, 6) is 2.68. The molecule has 1 aromatic rings. The van der Waals surface area contributed by atoms with Gasteiger partial charge in [-0.15, -0.1) is 0 Å². The van der Waals surface area contributed by atoms with Crippen LogP contribution in [0.1, 0.15) is 56.1 Å². The monoisotopic (exact) mass is 341 g/mol. The zero-order valence-corrected chi connectivity index (χ0v) is 15.1. The summed E-state index contributed by atoms with van der Waals surface area (Å²) in [6.07, 6.45) is 6.18. The molecule has 0 saturated heterocycles. The normalized spacial score (nSPS) is 38.9. The van der Waals surface area contributed by atoms with Gasteiger partial charge in [-0.1, -0.05) is 18.1 Å². The first-order chi connectivity index (χ1) is 12.0. The molecule has 0 spiro atoms. The van der Waals surface area contributed by atoms with E-state index in [2.05, 4.69) is 35.1 Å². The number of nitrogens with zero attached hydrogens (tertiary/aromatic N) is 3. The highest BCUT2D eigenvalue weighted by molar-refractivity contribution is 5.40. The van der Waals surface area contributed by atoms with E-state index in [1.54, 1.807) is 7.11 Å². The standard InChI is InChI=1S/C20H27N3O2/c1-19-9-7-16-15-6-4-14(25-2)11-13(15)3-5-17(16)18(19)8-10-20(19,24)12-22-23-21/h4,6,11,16-18,24H,3,5,7-10,12H2,1-2H3/t16-,17-,18+,19+,20-/m1/s1. The van der Waals surface area contributed by atoms with E-state index in [1.165, 1.54) is 17.5 Å². The lowest BCUT2D eigenvalue weighted by Gasteiger charge is -2.53. The van der Waals surface area contributed by atoms with Crippen molar-refractivity contribution in [2.75, 3.05) is 13.7 Å². The highest BCUT2D eigenvalue weighted by Crippen LogP contribution is 2.64. The second-order valence-corrected chi connectivity index (χ2v) is 8.40. The summed E-state index contributed by atoms with van der Waals surface area (Å²) in [6, 6.07) is 6.54. The van der Waals surface area contributed by atoms with Crippen LogP contribution in [0.2, 0.25) is 0 Å². The number of rotatable bonds is 3. The number of hydrogen-bond donors (Lipinski definition) is 1. The van der Waals surface area contributed by atoms with Gasteiger partial charge < -0.3 is 9.84 Å². The fraction of sp³-hybridized carbons (Fsp3) is 0.700. The largest absolute Gasteiger partial charge is 0.497 e. The van der Waals surface area contributed by atoms with Gasteiger partial charge in [-0.05, 0) is 90.5 Å². The first kappa shape index (κ1) is 16.7. The van der Waals surface area contributed by atoms with Crippen LogP contribution in [0.3, 0.4) is 0 Å². The molecule has 3 aliphatic rings. The third kappa shape index (κ3) is 2.37. The van der Waals surface area contributed by atoms with Gasteiger partial charge >= 0.3 is 0 Å².